The molecule has 1 N–H and O–H groups in total. The number of thiophene rings is 1. The smallest absolute Gasteiger partial charge is 0.0495 e. The molecule has 0 fully saturated rings. The Balaban J connectivity index is 0.00000133. The molecule has 1 aliphatic rings. The van der Waals surface area contributed by atoms with Crippen molar-refractivity contribution >= 4 is 35.3 Å². The van der Waals surface area contributed by atoms with Gasteiger partial charge in [-0.2, -0.15) is 0 Å². The van der Waals surface area contributed by atoms with Gasteiger partial charge in [-0.25, -0.2) is 0 Å². The van der Waals surface area contributed by atoms with Crippen LogP contribution in [0.1, 0.15) is 16.7 Å². The van der Waals surface area contributed by atoms with Gasteiger partial charge in [-0.1, -0.05) is 17.7 Å². The van der Waals surface area contributed by atoms with E-state index in [1.807, 2.05) is 0 Å². The summed E-state index contributed by atoms with van der Waals surface area (Å²) in [5, 5.41) is 6.50. The first kappa shape index (κ1) is 14.9. The van der Waals surface area contributed by atoms with Crippen molar-refractivity contribution in [2.24, 2.45) is 0 Å². The van der Waals surface area contributed by atoms with Crippen LogP contribution in [0.3, 0.4) is 0 Å². The van der Waals surface area contributed by atoms with Crippen molar-refractivity contribution in [3.8, 4) is 10.4 Å². The van der Waals surface area contributed by atoms with Crippen LogP contribution in [0.25, 0.3) is 10.4 Å². The largest absolute Gasteiger partial charge is 0.316 e. The molecule has 0 atom stereocenters. The predicted molar refractivity (Wildman–Crippen MR) is 87.0 cm³/mol. The van der Waals surface area contributed by atoms with E-state index in [1.165, 1.54) is 27.1 Å². The van der Waals surface area contributed by atoms with E-state index in [9.17, 15) is 0 Å². The van der Waals surface area contributed by atoms with E-state index in [1.54, 1.807) is 11.3 Å². The molecule has 2 heterocycles. The molecule has 1 aromatic carbocycles. The fourth-order valence-corrected chi connectivity index (χ4v) is 3.96. The second-order valence-electron chi connectivity index (χ2n) is 4.74. The van der Waals surface area contributed by atoms with Crippen LogP contribution in [0, 0.1) is 6.92 Å². The maximum absolute atomic E-state index is 6.46. The third-order valence-electron chi connectivity index (χ3n) is 3.57. The Labute approximate surface area is 129 Å². The highest BCUT2D eigenvalue weighted by atomic mass is 35.5. The van der Waals surface area contributed by atoms with Crippen molar-refractivity contribution in [2.45, 2.75) is 19.8 Å². The molecule has 0 unspecified atom stereocenters. The van der Waals surface area contributed by atoms with Gasteiger partial charge in [0.2, 0.25) is 0 Å². The number of fused-ring (bicyclic) bond motifs is 1. The predicted octanol–water partition coefficient (Wildman–Crippen LogP) is 4.49. The molecule has 0 saturated heterocycles. The summed E-state index contributed by atoms with van der Waals surface area (Å²) in [6, 6.07) is 6.42. The molecule has 1 nitrogen and oxygen atoms in total. The minimum absolute atomic E-state index is 0. The van der Waals surface area contributed by atoms with Gasteiger partial charge < -0.3 is 5.32 Å². The summed E-state index contributed by atoms with van der Waals surface area (Å²) >= 11 is 8.26. The Kier molecular flexibility index (Phi) is 4.91. The maximum Gasteiger partial charge on any atom is 0.0495 e. The van der Waals surface area contributed by atoms with Crippen molar-refractivity contribution in [1.82, 2.24) is 5.32 Å². The summed E-state index contributed by atoms with van der Waals surface area (Å²) in [5.74, 6) is 0. The molecular formula is C15H17Cl2NS. The molecule has 19 heavy (non-hydrogen) atoms. The molecule has 1 aromatic heterocycles. The fourth-order valence-electron chi connectivity index (χ4n) is 2.62. The maximum atomic E-state index is 6.46. The van der Waals surface area contributed by atoms with E-state index in [4.69, 9.17) is 11.6 Å². The highest BCUT2D eigenvalue weighted by Crippen LogP contribution is 2.39. The van der Waals surface area contributed by atoms with Crippen LogP contribution in [0.2, 0.25) is 5.02 Å². The van der Waals surface area contributed by atoms with E-state index in [0.717, 1.165) is 31.0 Å². The number of benzene rings is 1. The van der Waals surface area contributed by atoms with Crippen LogP contribution >= 0.6 is 35.3 Å². The summed E-state index contributed by atoms with van der Waals surface area (Å²) in [4.78, 5) is 1.33. The topological polar surface area (TPSA) is 12.0 Å². The van der Waals surface area contributed by atoms with Crippen LogP contribution in [0.4, 0.5) is 0 Å². The van der Waals surface area contributed by atoms with Gasteiger partial charge in [0, 0.05) is 15.5 Å². The second-order valence-corrected chi connectivity index (χ2v) is 6.07. The molecule has 2 aromatic rings. The summed E-state index contributed by atoms with van der Waals surface area (Å²) in [6.07, 6.45) is 2.17. The lowest BCUT2D eigenvalue weighted by molar-refractivity contribution is 0.711. The molecule has 0 spiro atoms. The second kappa shape index (κ2) is 6.27. The molecule has 102 valence electrons. The molecule has 0 saturated carbocycles. The SMILES string of the molecule is Cc1ccsc1-c1c(Cl)ccc2c1CCNCC2.Cl. The number of hydrogen-bond donors (Lipinski definition) is 1. The van der Waals surface area contributed by atoms with Crippen LogP contribution < -0.4 is 5.32 Å². The van der Waals surface area contributed by atoms with Crippen LogP contribution in [-0.2, 0) is 12.8 Å². The fraction of sp³-hybridized carbons (Fsp3) is 0.333. The van der Waals surface area contributed by atoms with Crippen LogP contribution in [-0.4, -0.2) is 13.1 Å². The van der Waals surface area contributed by atoms with Crippen LogP contribution in [0.5, 0.6) is 0 Å². The highest BCUT2D eigenvalue weighted by Gasteiger charge is 2.17. The lowest BCUT2D eigenvalue weighted by Crippen LogP contribution is -2.16. The van der Waals surface area contributed by atoms with Gasteiger partial charge in [0.05, 0.1) is 0 Å². The lowest BCUT2D eigenvalue weighted by atomic mass is 9.95. The summed E-state index contributed by atoms with van der Waals surface area (Å²) in [7, 11) is 0. The van der Waals surface area contributed by atoms with E-state index in [2.05, 4.69) is 35.8 Å². The molecule has 4 heteroatoms. The normalized spacial score (nSPS) is 14.4. The Hall–Kier alpha value is -0.540. The van der Waals surface area contributed by atoms with Gasteiger partial charge in [0.25, 0.3) is 0 Å². The van der Waals surface area contributed by atoms with Crippen molar-refractivity contribution in [2.75, 3.05) is 13.1 Å². The average Bonchev–Trinajstić information content (AvgIpc) is 2.64. The third-order valence-corrected chi connectivity index (χ3v) is 4.92. The van der Waals surface area contributed by atoms with E-state index in [-0.39, 0.29) is 12.4 Å². The molecule has 0 aliphatic carbocycles. The Morgan fingerprint density at radius 3 is 2.68 bits per heavy atom. The van der Waals surface area contributed by atoms with Crippen molar-refractivity contribution in [3.63, 3.8) is 0 Å². The van der Waals surface area contributed by atoms with Gasteiger partial charge in [-0.05, 0) is 67.1 Å². The summed E-state index contributed by atoms with van der Waals surface area (Å²) < 4.78 is 0. The molecule has 3 rings (SSSR count). The zero-order valence-electron chi connectivity index (χ0n) is 10.8. The lowest BCUT2D eigenvalue weighted by Gasteiger charge is -2.14. The minimum Gasteiger partial charge on any atom is -0.316 e. The van der Waals surface area contributed by atoms with E-state index in [0.29, 0.717) is 0 Å². The average molecular weight is 314 g/mol. The standard InChI is InChI=1S/C15H16ClNS.ClH/c1-10-6-9-18-15(10)14-12-5-8-17-7-4-11(12)2-3-13(14)16;/h2-3,6,9,17H,4-5,7-8H2,1H3;1H. The Morgan fingerprint density at radius 2 is 1.95 bits per heavy atom. The third kappa shape index (κ3) is 2.82. The summed E-state index contributed by atoms with van der Waals surface area (Å²) in [5.41, 5.74) is 5.49. The molecule has 0 amide bonds. The zero-order chi connectivity index (χ0) is 12.5. The van der Waals surface area contributed by atoms with Crippen molar-refractivity contribution in [1.29, 1.82) is 0 Å². The van der Waals surface area contributed by atoms with E-state index < -0.39 is 0 Å². The highest BCUT2D eigenvalue weighted by molar-refractivity contribution is 7.13. The number of rotatable bonds is 1. The number of nitrogens with one attached hydrogen (secondary N) is 1. The Morgan fingerprint density at radius 1 is 1.16 bits per heavy atom. The minimum atomic E-state index is 0. The molecule has 0 radical (unpaired) electrons. The first-order valence-electron chi connectivity index (χ1n) is 6.33. The van der Waals surface area contributed by atoms with Crippen molar-refractivity contribution < 1.29 is 0 Å². The Bertz CT molecular complexity index is 578. The zero-order valence-corrected chi connectivity index (χ0v) is 13.2. The quantitative estimate of drug-likeness (QED) is 0.818. The van der Waals surface area contributed by atoms with E-state index >= 15 is 0 Å². The van der Waals surface area contributed by atoms with Gasteiger partial charge in [-0.15, -0.1) is 23.7 Å². The molecular weight excluding hydrogens is 297 g/mol. The number of halogens is 2. The number of aryl methyl sites for hydroxylation is 1. The monoisotopic (exact) mass is 313 g/mol. The molecule has 1 aliphatic heterocycles. The van der Waals surface area contributed by atoms with Gasteiger partial charge in [-0.3, -0.25) is 0 Å². The van der Waals surface area contributed by atoms with Gasteiger partial charge in [0.1, 0.15) is 0 Å². The summed E-state index contributed by atoms with van der Waals surface area (Å²) in [6.45, 7) is 4.28. The van der Waals surface area contributed by atoms with Gasteiger partial charge >= 0.3 is 0 Å². The van der Waals surface area contributed by atoms with Crippen LogP contribution in [0.15, 0.2) is 23.6 Å². The first-order valence-corrected chi connectivity index (χ1v) is 7.58. The molecule has 0 bridgehead atoms. The van der Waals surface area contributed by atoms with Crippen molar-refractivity contribution in [3.05, 3.63) is 45.3 Å². The number of hydrogen-bond acceptors (Lipinski definition) is 2. The first-order chi connectivity index (χ1) is 8.77. The van der Waals surface area contributed by atoms with Gasteiger partial charge in [0.15, 0.2) is 0 Å².